The van der Waals surface area contributed by atoms with Crippen molar-refractivity contribution < 1.29 is 9.72 Å². The Hall–Kier alpha value is -1.95. The number of nitrogens with zero attached hydrogens (tertiary/aromatic N) is 1. The number of carbonyl (C=O) groups is 1. The van der Waals surface area contributed by atoms with Crippen molar-refractivity contribution in [3.05, 3.63) is 39.9 Å². The van der Waals surface area contributed by atoms with E-state index < -0.39 is 4.92 Å². The van der Waals surface area contributed by atoms with Gasteiger partial charge in [-0.3, -0.25) is 14.9 Å². The molecule has 0 unspecified atom stereocenters. The first-order valence-electron chi connectivity index (χ1n) is 5.84. The van der Waals surface area contributed by atoms with Gasteiger partial charge in [-0.25, -0.2) is 0 Å². The molecule has 0 saturated heterocycles. The van der Waals surface area contributed by atoms with E-state index in [1.165, 1.54) is 12.1 Å². The number of nitro benzene ring substituents is 1. The van der Waals surface area contributed by atoms with Gasteiger partial charge in [0.25, 0.3) is 5.69 Å². The summed E-state index contributed by atoms with van der Waals surface area (Å²) in [5, 5.41) is 16.3. The van der Waals surface area contributed by atoms with Crippen LogP contribution in [0.4, 0.5) is 5.69 Å². The largest absolute Gasteiger partial charge is 0.352 e. The second-order valence-corrected chi connectivity index (χ2v) is 3.80. The average Bonchev–Trinajstić information content (AvgIpc) is 2.37. The molecule has 0 spiro atoms. The predicted octanol–water partition coefficient (Wildman–Crippen LogP) is 1.21. The summed E-state index contributed by atoms with van der Waals surface area (Å²) in [5.41, 5.74) is 0.898. The summed E-state index contributed by atoms with van der Waals surface area (Å²) >= 11 is 0. The molecule has 0 atom stereocenters. The predicted molar refractivity (Wildman–Crippen MR) is 68.1 cm³/mol. The Bertz CT molecular complexity index is 404. The highest BCUT2D eigenvalue weighted by atomic mass is 16.6. The van der Waals surface area contributed by atoms with Gasteiger partial charge in [-0.05, 0) is 12.1 Å². The molecule has 2 N–H and O–H groups in total. The summed E-state index contributed by atoms with van der Waals surface area (Å²) in [6, 6.07) is 6.14. The van der Waals surface area contributed by atoms with Crippen molar-refractivity contribution in [3.63, 3.8) is 0 Å². The van der Waals surface area contributed by atoms with E-state index in [-0.39, 0.29) is 11.6 Å². The maximum Gasteiger partial charge on any atom is 0.269 e. The minimum absolute atomic E-state index is 0.0331. The van der Waals surface area contributed by atoms with E-state index in [1.54, 1.807) is 12.1 Å². The quantitative estimate of drug-likeness (QED) is 0.433. The molecule has 0 heterocycles. The maximum absolute atomic E-state index is 11.4. The zero-order valence-electron chi connectivity index (χ0n) is 10.3. The fourth-order valence-corrected chi connectivity index (χ4v) is 1.40. The molecule has 0 aliphatic heterocycles. The molecule has 1 aromatic carbocycles. The fourth-order valence-electron chi connectivity index (χ4n) is 1.40. The molecule has 1 amide bonds. The van der Waals surface area contributed by atoms with Crippen LogP contribution in [0.25, 0.3) is 0 Å². The molecule has 98 valence electrons. The van der Waals surface area contributed by atoms with Gasteiger partial charge in [0, 0.05) is 31.6 Å². The molecule has 1 aromatic rings. The first kappa shape index (κ1) is 14.1. The number of hydrogen-bond acceptors (Lipinski definition) is 4. The molecule has 0 radical (unpaired) electrons. The Morgan fingerprint density at radius 3 is 2.56 bits per heavy atom. The lowest BCUT2D eigenvalue weighted by atomic mass is 10.2. The molecule has 0 aliphatic carbocycles. The third kappa shape index (κ3) is 4.92. The maximum atomic E-state index is 11.4. The number of amides is 1. The molecule has 0 fully saturated rings. The minimum atomic E-state index is -0.446. The lowest BCUT2D eigenvalue weighted by Crippen LogP contribution is -2.27. The van der Waals surface area contributed by atoms with Gasteiger partial charge < -0.3 is 10.6 Å². The van der Waals surface area contributed by atoms with E-state index in [0.29, 0.717) is 19.5 Å². The van der Waals surface area contributed by atoms with E-state index in [1.807, 2.05) is 6.92 Å². The van der Waals surface area contributed by atoms with Crippen LogP contribution in [0.5, 0.6) is 0 Å². The first-order chi connectivity index (χ1) is 8.63. The first-order valence-corrected chi connectivity index (χ1v) is 5.84. The minimum Gasteiger partial charge on any atom is -0.352 e. The molecular formula is C12H17N3O3. The zero-order chi connectivity index (χ0) is 13.4. The second kappa shape index (κ2) is 7.39. The van der Waals surface area contributed by atoms with Crippen LogP contribution < -0.4 is 10.6 Å². The summed E-state index contributed by atoms with van der Waals surface area (Å²) < 4.78 is 0. The standard InChI is InChI=1S/C12H17N3O3/c1-2-13-8-7-12(16)14-9-10-3-5-11(6-4-10)15(17)18/h3-6,13H,2,7-9H2,1H3,(H,14,16). The molecule has 0 saturated carbocycles. The van der Waals surface area contributed by atoms with Crippen molar-refractivity contribution in [2.45, 2.75) is 19.9 Å². The summed E-state index contributed by atoms with van der Waals surface area (Å²) in [6.07, 6.45) is 0.431. The number of rotatable bonds is 7. The Balaban J connectivity index is 2.34. The highest BCUT2D eigenvalue weighted by Gasteiger charge is 2.05. The van der Waals surface area contributed by atoms with Gasteiger partial charge in [-0.2, -0.15) is 0 Å². The van der Waals surface area contributed by atoms with Crippen LogP contribution in [0.1, 0.15) is 18.9 Å². The van der Waals surface area contributed by atoms with Crippen LogP contribution >= 0.6 is 0 Å². The van der Waals surface area contributed by atoms with E-state index in [4.69, 9.17) is 0 Å². The van der Waals surface area contributed by atoms with Crippen LogP contribution in [0.2, 0.25) is 0 Å². The zero-order valence-corrected chi connectivity index (χ0v) is 10.3. The van der Waals surface area contributed by atoms with Crippen LogP contribution in [0.3, 0.4) is 0 Å². The van der Waals surface area contributed by atoms with Crippen molar-refractivity contribution in [2.24, 2.45) is 0 Å². The molecule has 0 aromatic heterocycles. The SMILES string of the molecule is CCNCCC(=O)NCc1ccc([N+](=O)[O-])cc1. The van der Waals surface area contributed by atoms with Crippen molar-refractivity contribution in [1.82, 2.24) is 10.6 Å². The van der Waals surface area contributed by atoms with E-state index in [2.05, 4.69) is 10.6 Å². The number of nitrogens with one attached hydrogen (secondary N) is 2. The smallest absolute Gasteiger partial charge is 0.269 e. The van der Waals surface area contributed by atoms with Gasteiger partial charge in [-0.1, -0.05) is 19.1 Å². The monoisotopic (exact) mass is 251 g/mol. The van der Waals surface area contributed by atoms with Crippen LogP contribution in [-0.4, -0.2) is 23.9 Å². The van der Waals surface area contributed by atoms with Gasteiger partial charge in [0.2, 0.25) is 5.91 Å². The summed E-state index contributed by atoms with van der Waals surface area (Å²) in [5.74, 6) is -0.0331. The van der Waals surface area contributed by atoms with Gasteiger partial charge in [0.05, 0.1) is 4.92 Å². The molecule has 18 heavy (non-hydrogen) atoms. The van der Waals surface area contributed by atoms with Gasteiger partial charge in [0.15, 0.2) is 0 Å². The lowest BCUT2D eigenvalue weighted by Gasteiger charge is -2.05. The fraction of sp³-hybridized carbons (Fsp3) is 0.417. The summed E-state index contributed by atoms with van der Waals surface area (Å²) in [6.45, 7) is 3.87. The average molecular weight is 251 g/mol. The van der Waals surface area contributed by atoms with Crippen molar-refractivity contribution in [2.75, 3.05) is 13.1 Å². The van der Waals surface area contributed by atoms with Crippen LogP contribution in [0.15, 0.2) is 24.3 Å². The molecular weight excluding hydrogens is 234 g/mol. The van der Waals surface area contributed by atoms with Crippen LogP contribution in [-0.2, 0) is 11.3 Å². The molecule has 0 aliphatic rings. The van der Waals surface area contributed by atoms with Crippen molar-refractivity contribution in [1.29, 1.82) is 0 Å². The van der Waals surface area contributed by atoms with E-state index in [9.17, 15) is 14.9 Å². The number of nitro groups is 1. The normalized spacial score (nSPS) is 10.1. The highest BCUT2D eigenvalue weighted by molar-refractivity contribution is 5.76. The number of non-ortho nitro benzene ring substituents is 1. The van der Waals surface area contributed by atoms with Crippen molar-refractivity contribution >= 4 is 11.6 Å². The molecule has 0 bridgehead atoms. The number of benzene rings is 1. The van der Waals surface area contributed by atoms with E-state index in [0.717, 1.165) is 12.1 Å². The lowest BCUT2D eigenvalue weighted by molar-refractivity contribution is -0.384. The Morgan fingerprint density at radius 1 is 1.33 bits per heavy atom. The Labute approximate surface area is 106 Å². The third-order valence-corrected chi connectivity index (χ3v) is 2.42. The second-order valence-electron chi connectivity index (χ2n) is 3.80. The number of hydrogen-bond donors (Lipinski definition) is 2. The Kier molecular flexibility index (Phi) is 5.79. The third-order valence-electron chi connectivity index (χ3n) is 2.42. The summed E-state index contributed by atoms with van der Waals surface area (Å²) in [7, 11) is 0. The van der Waals surface area contributed by atoms with Crippen LogP contribution in [0, 0.1) is 10.1 Å². The number of carbonyl (C=O) groups excluding carboxylic acids is 1. The van der Waals surface area contributed by atoms with Crippen molar-refractivity contribution in [3.8, 4) is 0 Å². The Morgan fingerprint density at radius 2 is 2.00 bits per heavy atom. The topological polar surface area (TPSA) is 84.3 Å². The van der Waals surface area contributed by atoms with Gasteiger partial charge in [-0.15, -0.1) is 0 Å². The molecule has 6 nitrogen and oxygen atoms in total. The van der Waals surface area contributed by atoms with E-state index >= 15 is 0 Å². The summed E-state index contributed by atoms with van der Waals surface area (Å²) in [4.78, 5) is 21.4. The molecule has 6 heteroatoms. The van der Waals surface area contributed by atoms with Gasteiger partial charge >= 0.3 is 0 Å². The highest BCUT2D eigenvalue weighted by Crippen LogP contribution is 2.11. The molecule has 1 rings (SSSR count). The van der Waals surface area contributed by atoms with Gasteiger partial charge in [0.1, 0.15) is 0 Å².